The molecule has 0 radical (unpaired) electrons. The number of methoxy groups -OCH3 is 1. The third-order valence-electron chi connectivity index (χ3n) is 2.72. The molecular formula is C16H14O4. The number of ether oxygens (including phenoxy) is 2. The summed E-state index contributed by atoms with van der Waals surface area (Å²) < 4.78 is 10.3. The van der Waals surface area contributed by atoms with Crippen molar-refractivity contribution < 1.29 is 19.1 Å². The summed E-state index contributed by atoms with van der Waals surface area (Å²) >= 11 is 0. The summed E-state index contributed by atoms with van der Waals surface area (Å²) in [6.07, 6.45) is 0. The Morgan fingerprint density at radius 1 is 0.950 bits per heavy atom. The molecule has 0 fully saturated rings. The van der Waals surface area contributed by atoms with Crippen LogP contribution in [0.25, 0.3) is 0 Å². The number of rotatable bonds is 4. The highest BCUT2D eigenvalue weighted by Crippen LogP contribution is 2.32. The lowest BCUT2D eigenvalue weighted by Crippen LogP contribution is -2.08. The monoisotopic (exact) mass is 270 g/mol. The molecule has 0 aromatic heterocycles. The van der Waals surface area contributed by atoms with Crippen LogP contribution in [0.1, 0.15) is 22.8 Å². The van der Waals surface area contributed by atoms with Gasteiger partial charge in [-0.1, -0.05) is 36.4 Å². The minimum Gasteiger partial charge on any atom is -0.492 e. The molecule has 0 N–H and O–H groups in total. The van der Waals surface area contributed by atoms with Gasteiger partial charge < -0.3 is 9.47 Å². The van der Waals surface area contributed by atoms with Crippen molar-refractivity contribution in [1.82, 2.24) is 0 Å². The fourth-order valence-corrected chi connectivity index (χ4v) is 1.89. The molecule has 2 rings (SSSR count). The Morgan fingerprint density at radius 3 is 2.25 bits per heavy atom. The third kappa shape index (κ3) is 2.85. The van der Waals surface area contributed by atoms with Crippen molar-refractivity contribution >= 4 is 11.8 Å². The van der Waals surface area contributed by atoms with Crippen LogP contribution in [0.4, 0.5) is 0 Å². The van der Waals surface area contributed by atoms with Crippen molar-refractivity contribution in [3.63, 3.8) is 0 Å². The predicted octanol–water partition coefficient (Wildman–Crippen LogP) is 2.85. The van der Waals surface area contributed by atoms with E-state index in [0.29, 0.717) is 11.1 Å². The molecule has 4 nitrogen and oxygen atoms in total. The molecule has 0 heterocycles. The second-order valence-corrected chi connectivity index (χ2v) is 4.13. The Bertz CT molecular complexity index is 632. The van der Waals surface area contributed by atoms with Crippen molar-refractivity contribution in [3.05, 3.63) is 59.7 Å². The van der Waals surface area contributed by atoms with E-state index >= 15 is 0 Å². The molecular weight excluding hydrogens is 256 g/mol. The number of carbonyl (C=O) groups is 2. The first-order valence-corrected chi connectivity index (χ1v) is 6.08. The van der Waals surface area contributed by atoms with Gasteiger partial charge in [-0.05, 0) is 12.1 Å². The highest BCUT2D eigenvalue weighted by molar-refractivity contribution is 6.11. The quantitative estimate of drug-likeness (QED) is 0.487. The number of carbonyl (C=O) groups excluding carboxylic acids is 2. The predicted molar refractivity (Wildman–Crippen MR) is 74.2 cm³/mol. The van der Waals surface area contributed by atoms with Gasteiger partial charge in [0.05, 0.1) is 12.7 Å². The molecule has 0 saturated heterocycles. The number of esters is 1. The van der Waals surface area contributed by atoms with E-state index in [0.717, 1.165) is 0 Å². The topological polar surface area (TPSA) is 52.6 Å². The van der Waals surface area contributed by atoms with Gasteiger partial charge >= 0.3 is 5.97 Å². The Kier molecular flexibility index (Phi) is 4.15. The lowest BCUT2D eigenvalue weighted by atomic mass is 10.0. The van der Waals surface area contributed by atoms with Crippen molar-refractivity contribution in [2.45, 2.75) is 6.92 Å². The maximum atomic E-state index is 12.4. The summed E-state index contributed by atoms with van der Waals surface area (Å²) in [5, 5.41) is 0. The van der Waals surface area contributed by atoms with E-state index in [9.17, 15) is 9.59 Å². The van der Waals surface area contributed by atoms with Crippen molar-refractivity contribution in [3.8, 4) is 11.5 Å². The molecule has 0 aliphatic rings. The molecule has 0 spiro atoms. The van der Waals surface area contributed by atoms with E-state index in [2.05, 4.69) is 0 Å². The first kappa shape index (κ1) is 13.8. The molecule has 2 aromatic carbocycles. The Morgan fingerprint density at radius 2 is 1.65 bits per heavy atom. The van der Waals surface area contributed by atoms with Gasteiger partial charge in [0, 0.05) is 12.5 Å². The third-order valence-corrected chi connectivity index (χ3v) is 2.72. The van der Waals surface area contributed by atoms with E-state index in [1.165, 1.54) is 14.0 Å². The van der Waals surface area contributed by atoms with Gasteiger partial charge in [-0.25, -0.2) is 0 Å². The molecule has 2 aromatic rings. The SMILES string of the molecule is COc1c(OC(C)=O)cccc1C(=O)c1ccccc1. The normalized spacial score (nSPS) is 9.90. The van der Waals surface area contributed by atoms with E-state index in [-0.39, 0.29) is 17.3 Å². The zero-order valence-electron chi connectivity index (χ0n) is 11.3. The number of hydrogen-bond acceptors (Lipinski definition) is 4. The summed E-state index contributed by atoms with van der Waals surface area (Å²) in [6, 6.07) is 13.7. The zero-order chi connectivity index (χ0) is 14.5. The van der Waals surface area contributed by atoms with Gasteiger partial charge in [0.1, 0.15) is 0 Å². The van der Waals surface area contributed by atoms with Gasteiger partial charge in [0.2, 0.25) is 0 Å². The average molecular weight is 270 g/mol. The average Bonchev–Trinajstić information content (AvgIpc) is 2.46. The van der Waals surface area contributed by atoms with E-state index in [1.807, 2.05) is 6.07 Å². The molecule has 0 atom stereocenters. The molecule has 20 heavy (non-hydrogen) atoms. The van der Waals surface area contributed by atoms with Gasteiger partial charge in [-0.15, -0.1) is 0 Å². The fourth-order valence-electron chi connectivity index (χ4n) is 1.89. The number of ketones is 1. The minimum atomic E-state index is -0.465. The molecule has 0 aliphatic carbocycles. The number of para-hydroxylation sites is 1. The van der Waals surface area contributed by atoms with Crippen LogP contribution in [0.15, 0.2) is 48.5 Å². The lowest BCUT2D eigenvalue weighted by molar-refractivity contribution is -0.132. The summed E-state index contributed by atoms with van der Waals surface area (Å²) in [4.78, 5) is 23.5. The molecule has 0 amide bonds. The molecule has 0 aliphatic heterocycles. The first-order chi connectivity index (χ1) is 9.63. The van der Waals surface area contributed by atoms with Gasteiger partial charge in [0.25, 0.3) is 0 Å². The van der Waals surface area contributed by atoms with Gasteiger partial charge in [0.15, 0.2) is 17.3 Å². The van der Waals surface area contributed by atoms with Crippen LogP contribution >= 0.6 is 0 Å². The van der Waals surface area contributed by atoms with Crippen LogP contribution in [0, 0.1) is 0 Å². The second kappa shape index (κ2) is 6.02. The standard InChI is InChI=1S/C16H14O4/c1-11(17)20-14-10-6-9-13(16(14)19-2)15(18)12-7-4-3-5-8-12/h3-10H,1-2H3. The van der Waals surface area contributed by atoms with E-state index in [1.54, 1.807) is 42.5 Å². The van der Waals surface area contributed by atoms with Crippen LogP contribution in [-0.2, 0) is 4.79 Å². The van der Waals surface area contributed by atoms with Crippen LogP contribution in [0.2, 0.25) is 0 Å². The van der Waals surface area contributed by atoms with Gasteiger partial charge in [-0.2, -0.15) is 0 Å². The van der Waals surface area contributed by atoms with Crippen LogP contribution in [0.3, 0.4) is 0 Å². The van der Waals surface area contributed by atoms with Crippen molar-refractivity contribution in [2.24, 2.45) is 0 Å². The first-order valence-electron chi connectivity index (χ1n) is 6.08. The molecule has 0 unspecified atom stereocenters. The summed E-state index contributed by atoms with van der Waals surface area (Å²) in [7, 11) is 1.43. The maximum Gasteiger partial charge on any atom is 0.308 e. The van der Waals surface area contributed by atoms with Crippen LogP contribution in [-0.4, -0.2) is 18.9 Å². The van der Waals surface area contributed by atoms with E-state index in [4.69, 9.17) is 9.47 Å². The summed E-state index contributed by atoms with van der Waals surface area (Å²) in [6.45, 7) is 1.30. The van der Waals surface area contributed by atoms with Crippen LogP contribution < -0.4 is 9.47 Å². The van der Waals surface area contributed by atoms with E-state index < -0.39 is 5.97 Å². The molecule has 0 saturated carbocycles. The largest absolute Gasteiger partial charge is 0.492 e. The van der Waals surface area contributed by atoms with Gasteiger partial charge in [-0.3, -0.25) is 9.59 Å². The maximum absolute atomic E-state index is 12.4. The van der Waals surface area contributed by atoms with Crippen LogP contribution in [0.5, 0.6) is 11.5 Å². The molecule has 4 heteroatoms. The highest BCUT2D eigenvalue weighted by atomic mass is 16.6. The number of benzene rings is 2. The second-order valence-electron chi connectivity index (χ2n) is 4.13. The van der Waals surface area contributed by atoms with Crippen molar-refractivity contribution in [2.75, 3.05) is 7.11 Å². The fraction of sp³-hybridized carbons (Fsp3) is 0.125. The Hall–Kier alpha value is -2.62. The molecule has 102 valence electrons. The summed E-state index contributed by atoms with van der Waals surface area (Å²) in [5.74, 6) is -0.151. The zero-order valence-corrected chi connectivity index (χ0v) is 11.3. The Labute approximate surface area is 116 Å². The minimum absolute atomic E-state index is 0.184. The number of hydrogen-bond donors (Lipinski definition) is 0. The Balaban J connectivity index is 2.46. The summed E-state index contributed by atoms with van der Waals surface area (Å²) in [5.41, 5.74) is 0.906. The highest BCUT2D eigenvalue weighted by Gasteiger charge is 2.18. The lowest BCUT2D eigenvalue weighted by Gasteiger charge is -2.12. The van der Waals surface area contributed by atoms with Crippen molar-refractivity contribution in [1.29, 1.82) is 0 Å². The smallest absolute Gasteiger partial charge is 0.308 e. The molecule has 0 bridgehead atoms.